The number of nitro groups is 1. The van der Waals surface area contributed by atoms with E-state index in [1.54, 1.807) is 6.92 Å². The van der Waals surface area contributed by atoms with E-state index in [-0.39, 0.29) is 23.7 Å². The van der Waals surface area contributed by atoms with E-state index in [9.17, 15) is 24.8 Å². The number of carbonyl (C=O) groups is 2. The molecule has 0 fully saturated rings. The van der Waals surface area contributed by atoms with Crippen LogP contribution in [0.1, 0.15) is 42.7 Å². The maximum absolute atomic E-state index is 13.4. The van der Waals surface area contributed by atoms with Crippen LogP contribution in [0.25, 0.3) is 0 Å². The van der Waals surface area contributed by atoms with Crippen molar-refractivity contribution in [2.75, 3.05) is 7.11 Å². The van der Waals surface area contributed by atoms with Gasteiger partial charge >= 0.3 is 5.97 Å². The molecule has 2 unspecified atom stereocenters. The van der Waals surface area contributed by atoms with Crippen LogP contribution in [0.2, 0.25) is 0 Å². The van der Waals surface area contributed by atoms with E-state index in [2.05, 4.69) is 5.32 Å². The van der Waals surface area contributed by atoms with Crippen molar-refractivity contribution >= 4 is 17.4 Å². The van der Waals surface area contributed by atoms with Gasteiger partial charge in [0.05, 0.1) is 17.6 Å². The SMILES string of the molecule is COC(=O)C1=C(C)NC2=C(C(=O)CC(c3ccccc3)C2)C1c1ccc([O-])c([N+](=O)[O-])c1. The summed E-state index contributed by atoms with van der Waals surface area (Å²) in [5, 5.41) is 26.5. The molecule has 1 N–H and O–H groups in total. The Labute approximate surface area is 184 Å². The minimum atomic E-state index is -0.859. The van der Waals surface area contributed by atoms with Crippen molar-refractivity contribution in [1.29, 1.82) is 0 Å². The first-order chi connectivity index (χ1) is 15.3. The second-order valence-electron chi connectivity index (χ2n) is 7.90. The van der Waals surface area contributed by atoms with Crippen molar-refractivity contribution in [2.24, 2.45) is 0 Å². The summed E-state index contributed by atoms with van der Waals surface area (Å²) in [6.45, 7) is 1.70. The Kier molecular flexibility index (Phi) is 5.52. The second kappa shape index (κ2) is 8.30. The minimum Gasteiger partial charge on any atom is -0.868 e. The number of ether oxygens (including phenoxy) is 1. The van der Waals surface area contributed by atoms with Crippen molar-refractivity contribution < 1.29 is 24.4 Å². The molecule has 0 saturated carbocycles. The third-order valence-electron chi connectivity index (χ3n) is 6.02. The van der Waals surface area contributed by atoms with E-state index in [0.29, 0.717) is 29.0 Å². The monoisotopic (exact) mass is 433 g/mol. The summed E-state index contributed by atoms with van der Waals surface area (Å²) in [4.78, 5) is 36.6. The molecule has 2 aromatic carbocycles. The zero-order valence-corrected chi connectivity index (χ0v) is 17.6. The number of carbonyl (C=O) groups excluding carboxylic acids is 2. The van der Waals surface area contributed by atoms with Crippen LogP contribution in [0.15, 0.2) is 71.1 Å². The van der Waals surface area contributed by atoms with E-state index in [0.717, 1.165) is 17.7 Å². The number of nitrogens with zero attached hydrogens (tertiary/aromatic N) is 1. The Morgan fingerprint density at radius 2 is 1.84 bits per heavy atom. The molecular weight excluding hydrogens is 412 g/mol. The maximum atomic E-state index is 13.4. The minimum absolute atomic E-state index is 0.0265. The van der Waals surface area contributed by atoms with Gasteiger partial charge in [0, 0.05) is 35.4 Å². The standard InChI is InChI=1S/C24H22N2O6/c1-13-21(24(29)32-2)22(15-8-9-19(27)18(11-15)26(30)31)23-17(25-13)10-16(12-20(23)28)14-6-4-3-5-7-14/h3-9,11,16,22,25,27H,10,12H2,1-2H3/p-1. The number of hydrogen-bond donors (Lipinski definition) is 1. The Morgan fingerprint density at radius 3 is 2.50 bits per heavy atom. The molecule has 0 amide bonds. The van der Waals surface area contributed by atoms with Crippen LogP contribution in [0.5, 0.6) is 5.75 Å². The van der Waals surface area contributed by atoms with Crippen molar-refractivity contribution in [1.82, 2.24) is 5.32 Å². The number of benzene rings is 2. The predicted octanol–water partition coefficient (Wildman–Crippen LogP) is 3.20. The third-order valence-corrected chi connectivity index (χ3v) is 6.02. The average molecular weight is 433 g/mol. The number of rotatable bonds is 4. The van der Waals surface area contributed by atoms with Gasteiger partial charge in [0.25, 0.3) is 5.69 Å². The fourth-order valence-corrected chi connectivity index (χ4v) is 4.57. The number of esters is 1. The molecule has 1 heterocycles. The Morgan fingerprint density at radius 1 is 1.12 bits per heavy atom. The van der Waals surface area contributed by atoms with Crippen molar-refractivity contribution in [3.63, 3.8) is 0 Å². The van der Waals surface area contributed by atoms with E-state index in [1.807, 2.05) is 30.3 Å². The normalized spacial score (nSPS) is 20.5. The van der Waals surface area contributed by atoms with Gasteiger partial charge in [-0.3, -0.25) is 14.9 Å². The van der Waals surface area contributed by atoms with Crippen LogP contribution < -0.4 is 10.4 Å². The number of dihydropyridines is 1. The number of hydrogen-bond acceptors (Lipinski definition) is 7. The van der Waals surface area contributed by atoms with E-state index >= 15 is 0 Å². The number of nitro benzene ring substituents is 1. The molecule has 0 spiro atoms. The highest BCUT2D eigenvalue weighted by molar-refractivity contribution is 6.04. The second-order valence-corrected chi connectivity index (χ2v) is 7.90. The number of ketones is 1. The Bertz CT molecular complexity index is 1180. The molecule has 0 aromatic heterocycles. The number of methoxy groups -OCH3 is 1. The molecule has 8 nitrogen and oxygen atoms in total. The molecule has 164 valence electrons. The summed E-state index contributed by atoms with van der Waals surface area (Å²) < 4.78 is 4.95. The lowest BCUT2D eigenvalue weighted by atomic mass is 9.71. The first-order valence-corrected chi connectivity index (χ1v) is 10.1. The lowest BCUT2D eigenvalue weighted by Gasteiger charge is -2.36. The molecule has 1 aliphatic heterocycles. The van der Waals surface area contributed by atoms with E-state index in [4.69, 9.17) is 4.74 Å². The number of nitrogens with one attached hydrogen (secondary N) is 1. The summed E-state index contributed by atoms with van der Waals surface area (Å²) in [5.74, 6) is -2.41. The molecule has 2 aromatic rings. The van der Waals surface area contributed by atoms with E-state index in [1.165, 1.54) is 13.2 Å². The number of allylic oxidation sites excluding steroid dienone is 3. The predicted molar refractivity (Wildman–Crippen MR) is 114 cm³/mol. The van der Waals surface area contributed by atoms with Gasteiger partial charge in [-0.15, -0.1) is 0 Å². The third kappa shape index (κ3) is 3.64. The molecule has 1 aliphatic carbocycles. The van der Waals surface area contributed by atoms with Crippen molar-refractivity contribution in [2.45, 2.75) is 31.6 Å². The quantitative estimate of drug-likeness (QED) is 0.446. The van der Waals surface area contributed by atoms with Gasteiger partial charge in [-0.1, -0.05) is 42.5 Å². The molecule has 0 saturated heterocycles. The number of Topliss-reactive ketones (excluding diaryl/α,β-unsaturated/α-hetero) is 1. The fraction of sp³-hybridized carbons (Fsp3) is 0.250. The van der Waals surface area contributed by atoms with Crippen LogP contribution in [0.3, 0.4) is 0 Å². The lowest BCUT2D eigenvalue weighted by molar-refractivity contribution is -0.398. The van der Waals surface area contributed by atoms with Crippen molar-refractivity contribution in [3.8, 4) is 5.75 Å². The molecule has 32 heavy (non-hydrogen) atoms. The largest absolute Gasteiger partial charge is 0.868 e. The van der Waals surface area contributed by atoms with Gasteiger partial charge in [-0.25, -0.2) is 4.79 Å². The molecule has 0 bridgehead atoms. The zero-order valence-electron chi connectivity index (χ0n) is 17.6. The summed E-state index contributed by atoms with van der Waals surface area (Å²) >= 11 is 0. The fourth-order valence-electron chi connectivity index (χ4n) is 4.57. The van der Waals surface area contributed by atoms with Gasteiger partial charge in [0.2, 0.25) is 0 Å². The van der Waals surface area contributed by atoms with Gasteiger partial charge in [0.15, 0.2) is 5.78 Å². The first kappa shape index (κ1) is 21.3. The summed E-state index contributed by atoms with van der Waals surface area (Å²) in [7, 11) is 1.24. The van der Waals surface area contributed by atoms with Crippen LogP contribution in [0.4, 0.5) is 5.69 Å². The van der Waals surface area contributed by atoms with Crippen LogP contribution >= 0.6 is 0 Å². The van der Waals surface area contributed by atoms with Crippen LogP contribution in [-0.4, -0.2) is 23.8 Å². The summed E-state index contributed by atoms with van der Waals surface area (Å²) in [6, 6.07) is 13.4. The topological polar surface area (TPSA) is 122 Å². The highest BCUT2D eigenvalue weighted by atomic mass is 16.6. The van der Waals surface area contributed by atoms with Gasteiger partial charge in [-0.2, -0.15) is 0 Å². The smallest absolute Gasteiger partial charge is 0.336 e. The summed E-state index contributed by atoms with van der Waals surface area (Å²) in [5.41, 5.74) is 2.54. The molecule has 2 atom stereocenters. The van der Waals surface area contributed by atoms with Gasteiger partial charge < -0.3 is 15.2 Å². The van der Waals surface area contributed by atoms with E-state index < -0.39 is 28.2 Å². The van der Waals surface area contributed by atoms with Crippen LogP contribution in [-0.2, 0) is 14.3 Å². The molecule has 4 rings (SSSR count). The Balaban J connectivity index is 1.86. The zero-order chi connectivity index (χ0) is 23.0. The molecule has 2 aliphatic rings. The van der Waals surface area contributed by atoms with Crippen molar-refractivity contribution in [3.05, 3.63) is 92.3 Å². The molecule has 0 radical (unpaired) electrons. The average Bonchev–Trinajstić information content (AvgIpc) is 2.78. The first-order valence-electron chi connectivity index (χ1n) is 10.1. The molecular formula is C24H21N2O6-. The summed E-state index contributed by atoms with van der Waals surface area (Å²) in [6.07, 6.45) is 0.797. The highest BCUT2D eigenvalue weighted by Crippen LogP contribution is 2.46. The molecule has 8 heteroatoms. The van der Waals surface area contributed by atoms with Gasteiger partial charge in [0.1, 0.15) is 0 Å². The lowest BCUT2D eigenvalue weighted by Crippen LogP contribution is -2.36. The highest BCUT2D eigenvalue weighted by Gasteiger charge is 2.41. The van der Waals surface area contributed by atoms with Gasteiger partial charge in [-0.05, 0) is 36.1 Å². The Hall–Kier alpha value is -3.94. The van der Waals surface area contributed by atoms with Crippen LogP contribution in [0, 0.1) is 10.1 Å². The maximum Gasteiger partial charge on any atom is 0.336 e.